The fraction of sp³-hybridized carbons (Fsp3) is 0.556. The van der Waals surface area contributed by atoms with E-state index in [1.165, 1.54) is 10.9 Å². The molecule has 1 heterocycles. The van der Waals surface area contributed by atoms with E-state index in [4.69, 9.17) is 4.74 Å². The van der Waals surface area contributed by atoms with Crippen LogP contribution in [0.25, 0.3) is 0 Å². The lowest BCUT2D eigenvalue weighted by atomic mass is 10.2. The van der Waals surface area contributed by atoms with Crippen molar-refractivity contribution >= 4 is 11.8 Å². The van der Waals surface area contributed by atoms with Crippen LogP contribution in [0, 0.1) is 0 Å². The van der Waals surface area contributed by atoms with Gasteiger partial charge in [-0.05, 0) is 20.8 Å². The van der Waals surface area contributed by atoms with Crippen molar-refractivity contribution in [2.45, 2.75) is 26.4 Å². The van der Waals surface area contributed by atoms with Gasteiger partial charge in [-0.3, -0.25) is 19.9 Å². The minimum atomic E-state index is -0.640. The van der Waals surface area contributed by atoms with Crippen LogP contribution in [0.1, 0.15) is 20.8 Å². The van der Waals surface area contributed by atoms with Crippen LogP contribution in [0.4, 0.5) is 10.5 Å². The van der Waals surface area contributed by atoms with Crippen molar-refractivity contribution in [3.05, 3.63) is 16.6 Å². The number of aromatic amines is 1. The van der Waals surface area contributed by atoms with Gasteiger partial charge in [0.1, 0.15) is 11.3 Å². The summed E-state index contributed by atoms with van der Waals surface area (Å²) in [6, 6.07) is 0. The van der Waals surface area contributed by atoms with Gasteiger partial charge in [0.05, 0.1) is 6.20 Å². The standard InChI is InChI=1S/C9H15N3O3/c1-9(2,3)15-8(14)10-6-5-12(4)11-7(6)13/h5H,1-4H3,(H,10,14)(H,11,13). The Labute approximate surface area is 87.2 Å². The highest BCUT2D eigenvalue weighted by atomic mass is 16.6. The molecule has 0 aromatic carbocycles. The summed E-state index contributed by atoms with van der Waals surface area (Å²) in [5, 5.41) is 4.83. The Kier molecular flexibility index (Phi) is 2.88. The molecule has 0 unspecified atom stereocenters. The summed E-state index contributed by atoms with van der Waals surface area (Å²) >= 11 is 0. The molecule has 1 aromatic rings. The molecule has 0 bridgehead atoms. The minimum absolute atomic E-state index is 0.173. The number of amides is 1. The molecule has 1 aromatic heterocycles. The van der Waals surface area contributed by atoms with Gasteiger partial charge in [0.15, 0.2) is 0 Å². The highest BCUT2D eigenvalue weighted by molar-refractivity contribution is 5.84. The molecule has 0 aliphatic carbocycles. The van der Waals surface area contributed by atoms with Gasteiger partial charge in [0.25, 0.3) is 5.56 Å². The second kappa shape index (κ2) is 3.80. The van der Waals surface area contributed by atoms with Gasteiger partial charge in [0, 0.05) is 7.05 Å². The van der Waals surface area contributed by atoms with Crippen LogP contribution in [-0.4, -0.2) is 21.5 Å². The number of carbonyl (C=O) groups is 1. The van der Waals surface area contributed by atoms with Crippen molar-refractivity contribution < 1.29 is 9.53 Å². The van der Waals surface area contributed by atoms with Crippen LogP contribution in [0.3, 0.4) is 0 Å². The molecule has 6 nitrogen and oxygen atoms in total. The molecule has 0 spiro atoms. The van der Waals surface area contributed by atoms with E-state index in [2.05, 4.69) is 10.4 Å². The molecule has 84 valence electrons. The van der Waals surface area contributed by atoms with E-state index in [0.29, 0.717) is 0 Å². The highest BCUT2D eigenvalue weighted by Gasteiger charge is 2.17. The van der Waals surface area contributed by atoms with Crippen molar-refractivity contribution in [2.75, 3.05) is 5.32 Å². The summed E-state index contributed by atoms with van der Waals surface area (Å²) in [5.74, 6) is 0. The van der Waals surface area contributed by atoms with Gasteiger partial charge in [0.2, 0.25) is 0 Å². The van der Waals surface area contributed by atoms with E-state index in [1.807, 2.05) is 0 Å². The van der Waals surface area contributed by atoms with E-state index in [1.54, 1.807) is 27.8 Å². The lowest BCUT2D eigenvalue weighted by Crippen LogP contribution is -2.28. The first-order valence-electron chi connectivity index (χ1n) is 4.53. The zero-order valence-electron chi connectivity index (χ0n) is 9.25. The molecule has 0 saturated heterocycles. The van der Waals surface area contributed by atoms with Crippen molar-refractivity contribution in [1.29, 1.82) is 0 Å². The number of rotatable bonds is 1. The van der Waals surface area contributed by atoms with E-state index in [-0.39, 0.29) is 11.2 Å². The van der Waals surface area contributed by atoms with Gasteiger partial charge in [-0.1, -0.05) is 0 Å². The first-order chi connectivity index (χ1) is 6.78. The normalized spacial score (nSPS) is 11.2. The van der Waals surface area contributed by atoms with Gasteiger partial charge in [-0.15, -0.1) is 0 Å². The van der Waals surface area contributed by atoms with E-state index < -0.39 is 11.7 Å². The van der Waals surface area contributed by atoms with Crippen molar-refractivity contribution in [2.24, 2.45) is 7.05 Å². The maximum atomic E-state index is 11.3. The summed E-state index contributed by atoms with van der Waals surface area (Å²) in [6.07, 6.45) is 0.839. The average molecular weight is 213 g/mol. The lowest BCUT2D eigenvalue weighted by molar-refractivity contribution is 0.0636. The number of hydrogen-bond acceptors (Lipinski definition) is 3. The highest BCUT2D eigenvalue weighted by Crippen LogP contribution is 2.08. The zero-order chi connectivity index (χ0) is 11.6. The van der Waals surface area contributed by atoms with Crippen molar-refractivity contribution in [1.82, 2.24) is 9.78 Å². The third kappa shape index (κ3) is 3.49. The number of nitrogens with zero attached hydrogens (tertiary/aromatic N) is 1. The predicted octanol–water partition coefficient (Wildman–Crippen LogP) is 1.06. The third-order valence-corrected chi connectivity index (χ3v) is 1.48. The molecule has 0 aliphatic rings. The summed E-state index contributed by atoms with van der Waals surface area (Å²) < 4.78 is 6.45. The van der Waals surface area contributed by atoms with Crippen molar-refractivity contribution in [3.63, 3.8) is 0 Å². The topological polar surface area (TPSA) is 76.1 Å². The number of aromatic nitrogens is 2. The van der Waals surface area contributed by atoms with Gasteiger partial charge < -0.3 is 4.74 Å². The fourth-order valence-corrected chi connectivity index (χ4v) is 1.01. The maximum Gasteiger partial charge on any atom is 0.412 e. The Balaban J connectivity index is 2.67. The first-order valence-corrected chi connectivity index (χ1v) is 4.53. The molecule has 1 rings (SSSR count). The Morgan fingerprint density at radius 2 is 2.13 bits per heavy atom. The third-order valence-electron chi connectivity index (χ3n) is 1.48. The number of hydrogen-bond donors (Lipinski definition) is 2. The monoisotopic (exact) mass is 213 g/mol. The van der Waals surface area contributed by atoms with E-state index >= 15 is 0 Å². The smallest absolute Gasteiger partial charge is 0.412 e. The quantitative estimate of drug-likeness (QED) is 0.732. The van der Waals surface area contributed by atoms with E-state index in [0.717, 1.165) is 0 Å². The number of nitrogens with one attached hydrogen (secondary N) is 2. The van der Waals surface area contributed by atoms with E-state index in [9.17, 15) is 9.59 Å². The Morgan fingerprint density at radius 3 is 2.53 bits per heavy atom. The Morgan fingerprint density at radius 1 is 1.53 bits per heavy atom. The SMILES string of the molecule is Cn1cc(NC(=O)OC(C)(C)C)c(=O)[nH]1. The summed E-state index contributed by atoms with van der Waals surface area (Å²) in [4.78, 5) is 22.5. The first kappa shape index (κ1) is 11.4. The number of anilines is 1. The molecule has 0 atom stereocenters. The van der Waals surface area contributed by atoms with Gasteiger partial charge >= 0.3 is 6.09 Å². The molecule has 0 saturated carbocycles. The largest absolute Gasteiger partial charge is 0.444 e. The van der Waals surface area contributed by atoms with Gasteiger partial charge in [-0.2, -0.15) is 0 Å². The molecule has 0 fully saturated rings. The van der Waals surface area contributed by atoms with Crippen LogP contribution < -0.4 is 10.9 Å². The number of H-pyrrole nitrogens is 1. The van der Waals surface area contributed by atoms with Crippen molar-refractivity contribution in [3.8, 4) is 0 Å². The number of carbonyl (C=O) groups excluding carboxylic acids is 1. The molecule has 6 heteroatoms. The minimum Gasteiger partial charge on any atom is -0.444 e. The van der Waals surface area contributed by atoms with Crippen LogP contribution in [-0.2, 0) is 11.8 Å². The zero-order valence-corrected chi connectivity index (χ0v) is 9.25. The molecular formula is C9H15N3O3. The second-order valence-corrected chi connectivity index (χ2v) is 4.22. The maximum absolute atomic E-state index is 11.3. The average Bonchev–Trinajstić information content (AvgIpc) is 2.25. The molecule has 1 amide bonds. The number of ether oxygens (including phenoxy) is 1. The molecule has 0 radical (unpaired) electrons. The van der Waals surface area contributed by atoms with Crippen LogP contribution >= 0.6 is 0 Å². The summed E-state index contributed by atoms with van der Waals surface area (Å²) in [5.41, 5.74) is -0.763. The predicted molar refractivity (Wildman–Crippen MR) is 55.9 cm³/mol. The fourth-order valence-electron chi connectivity index (χ4n) is 1.01. The molecule has 0 aliphatic heterocycles. The molecule has 2 N–H and O–H groups in total. The Hall–Kier alpha value is -1.72. The van der Waals surface area contributed by atoms with Gasteiger partial charge in [-0.25, -0.2) is 4.79 Å². The molecule has 15 heavy (non-hydrogen) atoms. The second-order valence-electron chi connectivity index (χ2n) is 4.22. The van der Waals surface area contributed by atoms with Crippen LogP contribution in [0.5, 0.6) is 0 Å². The summed E-state index contributed by atoms with van der Waals surface area (Å²) in [6.45, 7) is 5.26. The molecular weight excluding hydrogens is 198 g/mol. The number of aryl methyl sites for hydroxylation is 1. The Bertz CT molecular complexity index is 411. The summed E-state index contributed by atoms with van der Waals surface area (Å²) in [7, 11) is 1.65. The lowest BCUT2D eigenvalue weighted by Gasteiger charge is -2.19. The van der Waals surface area contributed by atoms with Crippen LogP contribution in [0.2, 0.25) is 0 Å². The van der Waals surface area contributed by atoms with Crippen LogP contribution in [0.15, 0.2) is 11.0 Å².